The molecule has 0 N–H and O–H groups in total. The molecule has 0 spiro atoms. The number of benzene rings is 1. The van der Waals surface area contributed by atoms with Crippen LogP contribution in [0, 0.1) is 25.2 Å². The Morgan fingerprint density at radius 1 is 1.28 bits per heavy atom. The van der Waals surface area contributed by atoms with Gasteiger partial charge in [0, 0.05) is 29.6 Å². The average Bonchev–Trinajstić information content (AvgIpc) is 3.12. The summed E-state index contributed by atoms with van der Waals surface area (Å²) >= 11 is 6.05. The molecule has 8 heteroatoms. The fraction of sp³-hybridized carbons (Fsp3) is 0.238. The fourth-order valence-electron chi connectivity index (χ4n) is 2.82. The molecule has 148 valence electrons. The topological polar surface area (TPSA) is 87.7 Å². The number of hydrogen-bond acceptors (Lipinski definition) is 5. The number of carbonyl (C=O) groups is 2. The summed E-state index contributed by atoms with van der Waals surface area (Å²) < 4.78 is 6.88. The fourth-order valence-corrected chi connectivity index (χ4v) is 2.94. The number of rotatable bonds is 6. The number of esters is 1. The maximum atomic E-state index is 12.7. The van der Waals surface area contributed by atoms with Gasteiger partial charge in [-0.2, -0.15) is 5.26 Å². The SMILES string of the molecule is Cc1ccn2cc(C(=O)OCC(=O)N(CCC#N)c3ccc(Cl)c(C)c3)nc2c1. The number of anilines is 1. The van der Waals surface area contributed by atoms with E-state index in [9.17, 15) is 9.59 Å². The second-order valence-electron chi connectivity index (χ2n) is 6.56. The molecular weight excluding hydrogens is 392 g/mol. The molecule has 1 amide bonds. The Bertz CT molecular complexity index is 1120. The van der Waals surface area contributed by atoms with Crippen LogP contribution in [0.4, 0.5) is 5.69 Å². The largest absolute Gasteiger partial charge is 0.451 e. The first kappa shape index (κ1) is 20.4. The van der Waals surface area contributed by atoms with Gasteiger partial charge in [-0.3, -0.25) is 4.79 Å². The van der Waals surface area contributed by atoms with Crippen LogP contribution in [0.25, 0.3) is 5.65 Å². The van der Waals surface area contributed by atoms with Crippen LogP contribution in [0.15, 0.2) is 42.7 Å². The van der Waals surface area contributed by atoms with E-state index in [0.717, 1.165) is 11.1 Å². The van der Waals surface area contributed by atoms with Crippen LogP contribution < -0.4 is 4.90 Å². The predicted molar refractivity (Wildman–Crippen MR) is 109 cm³/mol. The van der Waals surface area contributed by atoms with E-state index in [-0.39, 0.29) is 18.7 Å². The first-order chi connectivity index (χ1) is 13.9. The molecule has 2 heterocycles. The Hall–Kier alpha value is -3.37. The van der Waals surface area contributed by atoms with Crippen LogP contribution in [-0.2, 0) is 9.53 Å². The molecule has 0 atom stereocenters. The summed E-state index contributed by atoms with van der Waals surface area (Å²) in [5.41, 5.74) is 3.15. The number of fused-ring (bicyclic) bond motifs is 1. The predicted octanol–water partition coefficient (Wildman–Crippen LogP) is 3.71. The number of imidazole rings is 1. The minimum absolute atomic E-state index is 0.120. The number of halogens is 1. The smallest absolute Gasteiger partial charge is 0.359 e. The number of amides is 1. The van der Waals surface area contributed by atoms with Crippen molar-refractivity contribution in [3.8, 4) is 6.07 Å². The zero-order valence-corrected chi connectivity index (χ0v) is 16.8. The lowest BCUT2D eigenvalue weighted by Gasteiger charge is -2.22. The third-order valence-electron chi connectivity index (χ3n) is 4.35. The lowest BCUT2D eigenvalue weighted by Crippen LogP contribution is -2.35. The lowest BCUT2D eigenvalue weighted by atomic mass is 10.2. The highest BCUT2D eigenvalue weighted by Gasteiger charge is 2.20. The van der Waals surface area contributed by atoms with E-state index in [1.807, 2.05) is 32.0 Å². The maximum Gasteiger partial charge on any atom is 0.359 e. The van der Waals surface area contributed by atoms with Crippen molar-refractivity contribution in [1.82, 2.24) is 9.38 Å². The van der Waals surface area contributed by atoms with Gasteiger partial charge >= 0.3 is 5.97 Å². The van der Waals surface area contributed by atoms with Crippen molar-refractivity contribution in [3.63, 3.8) is 0 Å². The molecule has 0 fully saturated rings. The summed E-state index contributed by atoms with van der Waals surface area (Å²) in [6.07, 6.45) is 3.50. The number of carbonyl (C=O) groups excluding carboxylic acids is 2. The molecule has 0 aliphatic rings. The number of nitriles is 1. The second kappa shape index (κ2) is 8.76. The number of pyridine rings is 1. The van der Waals surface area contributed by atoms with Crippen molar-refractivity contribution in [1.29, 1.82) is 5.26 Å². The van der Waals surface area contributed by atoms with Crippen LogP contribution in [0.3, 0.4) is 0 Å². The maximum absolute atomic E-state index is 12.7. The van der Waals surface area contributed by atoms with Crippen molar-refractivity contribution in [2.24, 2.45) is 0 Å². The normalized spacial score (nSPS) is 10.6. The van der Waals surface area contributed by atoms with Crippen molar-refractivity contribution in [3.05, 3.63) is 64.6 Å². The summed E-state index contributed by atoms with van der Waals surface area (Å²) in [7, 11) is 0. The van der Waals surface area contributed by atoms with Gasteiger partial charge in [0.1, 0.15) is 5.65 Å². The average molecular weight is 411 g/mol. The Balaban J connectivity index is 1.72. The molecule has 0 aliphatic carbocycles. The van der Waals surface area contributed by atoms with E-state index in [0.29, 0.717) is 16.4 Å². The standard InChI is InChI=1S/C21H19ClN4O3/c1-14-6-9-25-12-18(24-19(25)10-14)21(28)29-13-20(27)26(8-3-7-23)16-4-5-17(22)15(2)11-16/h4-6,9-12H,3,8,13H2,1-2H3. The molecular formula is C21H19ClN4O3. The molecule has 0 aliphatic heterocycles. The van der Waals surface area contributed by atoms with Crippen LogP contribution in [0.2, 0.25) is 5.02 Å². The molecule has 3 aromatic rings. The number of aryl methyl sites for hydroxylation is 2. The van der Waals surface area contributed by atoms with Gasteiger partial charge in [-0.15, -0.1) is 0 Å². The zero-order valence-electron chi connectivity index (χ0n) is 16.1. The molecule has 2 aromatic heterocycles. The molecule has 0 saturated carbocycles. The van der Waals surface area contributed by atoms with Gasteiger partial charge < -0.3 is 14.0 Å². The molecule has 29 heavy (non-hydrogen) atoms. The molecule has 3 rings (SSSR count). The number of aromatic nitrogens is 2. The molecule has 0 unspecified atom stereocenters. The van der Waals surface area contributed by atoms with E-state index in [1.165, 1.54) is 4.90 Å². The molecule has 0 bridgehead atoms. The summed E-state index contributed by atoms with van der Waals surface area (Å²) in [4.78, 5) is 30.7. The van der Waals surface area contributed by atoms with Crippen LogP contribution >= 0.6 is 11.6 Å². The van der Waals surface area contributed by atoms with Crippen molar-refractivity contribution in [2.75, 3.05) is 18.1 Å². The molecule has 7 nitrogen and oxygen atoms in total. The molecule has 0 radical (unpaired) electrons. The van der Waals surface area contributed by atoms with Gasteiger partial charge in [0.25, 0.3) is 5.91 Å². The summed E-state index contributed by atoms with van der Waals surface area (Å²) in [6.45, 7) is 3.48. The number of nitrogens with zero attached hydrogens (tertiary/aromatic N) is 4. The van der Waals surface area contributed by atoms with E-state index in [4.69, 9.17) is 21.6 Å². The molecule has 1 aromatic carbocycles. The second-order valence-corrected chi connectivity index (χ2v) is 6.97. The summed E-state index contributed by atoms with van der Waals surface area (Å²) in [6, 6.07) is 10.9. The number of hydrogen-bond donors (Lipinski definition) is 0. The highest BCUT2D eigenvalue weighted by atomic mass is 35.5. The Labute approximate surface area is 173 Å². The van der Waals surface area contributed by atoms with Gasteiger partial charge in [-0.25, -0.2) is 9.78 Å². The highest BCUT2D eigenvalue weighted by Crippen LogP contribution is 2.23. The monoisotopic (exact) mass is 410 g/mol. The molecule has 0 saturated heterocycles. The first-order valence-corrected chi connectivity index (χ1v) is 9.33. The minimum atomic E-state index is -0.688. The lowest BCUT2D eigenvalue weighted by molar-refractivity contribution is -0.121. The van der Waals surface area contributed by atoms with Crippen LogP contribution in [0.1, 0.15) is 28.0 Å². The van der Waals surface area contributed by atoms with Crippen LogP contribution in [-0.4, -0.2) is 34.4 Å². The first-order valence-electron chi connectivity index (χ1n) is 8.95. The van der Waals surface area contributed by atoms with E-state index < -0.39 is 18.5 Å². The van der Waals surface area contributed by atoms with Gasteiger partial charge in [0.2, 0.25) is 0 Å². The summed E-state index contributed by atoms with van der Waals surface area (Å²) in [5, 5.41) is 9.47. The third kappa shape index (κ3) is 4.73. The van der Waals surface area contributed by atoms with Crippen molar-refractivity contribution >= 4 is 34.8 Å². The quantitative estimate of drug-likeness (QED) is 0.578. The van der Waals surface area contributed by atoms with Crippen molar-refractivity contribution < 1.29 is 14.3 Å². The van der Waals surface area contributed by atoms with E-state index in [2.05, 4.69) is 4.98 Å². The van der Waals surface area contributed by atoms with Gasteiger partial charge in [-0.05, 0) is 55.3 Å². The number of ether oxygens (including phenoxy) is 1. The Kier molecular flexibility index (Phi) is 6.15. The van der Waals surface area contributed by atoms with Crippen molar-refractivity contribution in [2.45, 2.75) is 20.3 Å². The van der Waals surface area contributed by atoms with Crippen LogP contribution in [0.5, 0.6) is 0 Å². The minimum Gasteiger partial charge on any atom is -0.451 e. The van der Waals surface area contributed by atoms with Gasteiger partial charge in [-0.1, -0.05) is 11.6 Å². The highest BCUT2D eigenvalue weighted by molar-refractivity contribution is 6.31. The summed E-state index contributed by atoms with van der Waals surface area (Å²) in [5.74, 6) is -1.12. The van der Waals surface area contributed by atoms with E-state index in [1.54, 1.807) is 35.0 Å². The van der Waals surface area contributed by atoms with Gasteiger partial charge in [0.15, 0.2) is 12.3 Å². The third-order valence-corrected chi connectivity index (χ3v) is 4.78. The Morgan fingerprint density at radius 3 is 2.79 bits per heavy atom. The van der Waals surface area contributed by atoms with E-state index >= 15 is 0 Å². The van der Waals surface area contributed by atoms with Gasteiger partial charge in [0.05, 0.1) is 12.5 Å². The Morgan fingerprint density at radius 2 is 2.07 bits per heavy atom. The zero-order chi connectivity index (χ0) is 21.0.